The Morgan fingerprint density at radius 1 is 1.44 bits per heavy atom. The Bertz CT molecular complexity index is 358. The van der Waals surface area contributed by atoms with Crippen molar-refractivity contribution in [2.24, 2.45) is 0 Å². The van der Waals surface area contributed by atoms with Crippen molar-refractivity contribution in [3.8, 4) is 5.75 Å². The summed E-state index contributed by atoms with van der Waals surface area (Å²) in [5, 5.41) is 3.26. The maximum absolute atomic E-state index is 5.66. The molecular weight excluding hydrogens is 198 g/mol. The first-order chi connectivity index (χ1) is 7.74. The minimum atomic E-state index is 0.568. The number of hydrogen-bond donors (Lipinski definition) is 1. The van der Waals surface area contributed by atoms with Crippen molar-refractivity contribution >= 4 is 0 Å². The van der Waals surface area contributed by atoms with Crippen molar-refractivity contribution in [2.75, 3.05) is 13.2 Å². The molecule has 0 aromatic heterocycles. The fourth-order valence-electron chi connectivity index (χ4n) is 1.30. The lowest BCUT2D eigenvalue weighted by Gasteiger charge is -2.11. The number of ether oxygens (including phenoxy) is 1. The van der Waals surface area contributed by atoms with Crippen molar-refractivity contribution in [1.82, 2.24) is 5.32 Å². The normalized spacial score (nSPS) is 9.81. The molecule has 0 spiro atoms. The van der Waals surface area contributed by atoms with Crippen LogP contribution < -0.4 is 10.1 Å². The first kappa shape index (κ1) is 12.5. The summed E-state index contributed by atoms with van der Waals surface area (Å²) in [6, 6.07) is 8.03. The van der Waals surface area contributed by atoms with Crippen LogP contribution in [0.4, 0.5) is 0 Å². The summed E-state index contributed by atoms with van der Waals surface area (Å²) >= 11 is 0. The second-order valence-electron chi connectivity index (χ2n) is 3.77. The highest BCUT2D eigenvalue weighted by Gasteiger charge is 2.01. The topological polar surface area (TPSA) is 21.3 Å². The molecule has 0 aliphatic rings. The van der Waals surface area contributed by atoms with E-state index in [9.17, 15) is 0 Å². The Labute approximate surface area is 97.6 Å². The van der Waals surface area contributed by atoms with E-state index in [1.54, 1.807) is 0 Å². The first-order valence-electron chi connectivity index (χ1n) is 5.40. The van der Waals surface area contributed by atoms with Gasteiger partial charge in [0.05, 0.1) is 0 Å². The SMILES string of the molecule is C=CCNCc1ccccc1OCC(=C)C. The van der Waals surface area contributed by atoms with Gasteiger partial charge in [-0.2, -0.15) is 0 Å². The quantitative estimate of drug-likeness (QED) is 0.560. The van der Waals surface area contributed by atoms with Crippen LogP contribution in [0.2, 0.25) is 0 Å². The molecule has 2 heteroatoms. The molecule has 2 nitrogen and oxygen atoms in total. The number of nitrogens with one attached hydrogen (secondary N) is 1. The predicted octanol–water partition coefficient (Wildman–Crippen LogP) is 2.92. The van der Waals surface area contributed by atoms with Gasteiger partial charge in [0, 0.05) is 18.7 Å². The van der Waals surface area contributed by atoms with Gasteiger partial charge >= 0.3 is 0 Å². The third kappa shape index (κ3) is 4.32. The summed E-state index contributed by atoms with van der Waals surface area (Å²) in [5.74, 6) is 0.919. The number of rotatable bonds is 7. The highest BCUT2D eigenvalue weighted by Crippen LogP contribution is 2.18. The third-order valence-corrected chi connectivity index (χ3v) is 2.05. The lowest BCUT2D eigenvalue weighted by molar-refractivity contribution is 0.348. The molecule has 0 amide bonds. The molecule has 0 radical (unpaired) electrons. The minimum absolute atomic E-state index is 0.568. The standard InChI is InChI=1S/C14H19NO/c1-4-9-15-10-13-7-5-6-8-14(13)16-11-12(2)3/h4-8,15H,1-2,9-11H2,3H3. The Morgan fingerprint density at radius 3 is 2.88 bits per heavy atom. The Hall–Kier alpha value is -1.54. The predicted molar refractivity (Wildman–Crippen MR) is 68.7 cm³/mol. The average molecular weight is 217 g/mol. The molecule has 1 aromatic rings. The monoisotopic (exact) mass is 217 g/mol. The molecule has 16 heavy (non-hydrogen) atoms. The lowest BCUT2D eigenvalue weighted by atomic mass is 10.2. The van der Waals surface area contributed by atoms with Gasteiger partial charge in [-0.05, 0) is 18.6 Å². The molecule has 0 aliphatic carbocycles. The highest BCUT2D eigenvalue weighted by atomic mass is 16.5. The Kier molecular flexibility index (Phi) is 5.37. The maximum atomic E-state index is 5.66. The summed E-state index contributed by atoms with van der Waals surface area (Å²) < 4.78 is 5.66. The largest absolute Gasteiger partial charge is 0.489 e. The van der Waals surface area contributed by atoms with Crippen molar-refractivity contribution in [3.63, 3.8) is 0 Å². The summed E-state index contributed by atoms with van der Waals surface area (Å²) in [5.41, 5.74) is 2.18. The van der Waals surface area contributed by atoms with Crippen molar-refractivity contribution in [1.29, 1.82) is 0 Å². The van der Waals surface area contributed by atoms with Gasteiger partial charge in [0.1, 0.15) is 12.4 Å². The summed E-state index contributed by atoms with van der Waals surface area (Å²) in [6.07, 6.45) is 1.84. The third-order valence-electron chi connectivity index (χ3n) is 2.05. The molecule has 0 heterocycles. The van der Waals surface area contributed by atoms with Gasteiger partial charge < -0.3 is 10.1 Å². The molecule has 0 atom stereocenters. The molecule has 1 rings (SSSR count). The van der Waals surface area contributed by atoms with Gasteiger partial charge in [-0.3, -0.25) is 0 Å². The van der Waals surface area contributed by atoms with Gasteiger partial charge in [-0.25, -0.2) is 0 Å². The van der Waals surface area contributed by atoms with Crippen LogP contribution in [-0.4, -0.2) is 13.2 Å². The molecule has 0 aliphatic heterocycles. The first-order valence-corrected chi connectivity index (χ1v) is 5.40. The van der Waals surface area contributed by atoms with E-state index in [1.165, 1.54) is 0 Å². The van der Waals surface area contributed by atoms with Crippen molar-refractivity contribution < 1.29 is 4.74 Å². The van der Waals surface area contributed by atoms with Crippen LogP contribution in [-0.2, 0) is 6.54 Å². The van der Waals surface area contributed by atoms with E-state index in [0.29, 0.717) is 6.61 Å². The van der Waals surface area contributed by atoms with Crippen LogP contribution >= 0.6 is 0 Å². The van der Waals surface area contributed by atoms with E-state index in [2.05, 4.69) is 24.5 Å². The zero-order valence-electron chi connectivity index (χ0n) is 9.83. The smallest absolute Gasteiger partial charge is 0.124 e. The molecule has 0 saturated heterocycles. The van der Waals surface area contributed by atoms with E-state index in [1.807, 2.05) is 31.2 Å². The summed E-state index contributed by atoms with van der Waals surface area (Å²) in [4.78, 5) is 0. The zero-order valence-corrected chi connectivity index (χ0v) is 9.83. The minimum Gasteiger partial charge on any atom is -0.489 e. The van der Waals surface area contributed by atoms with Gasteiger partial charge in [0.2, 0.25) is 0 Å². The van der Waals surface area contributed by atoms with E-state index in [0.717, 1.165) is 30.0 Å². The van der Waals surface area contributed by atoms with Crippen molar-refractivity contribution in [2.45, 2.75) is 13.5 Å². The molecule has 0 fully saturated rings. The van der Waals surface area contributed by atoms with Crippen LogP contribution in [0.1, 0.15) is 12.5 Å². The number of hydrogen-bond acceptors (Lipinski definition) is 2. The van der Waals surface area contributed by atoms with E-state index < -0.39 is 0 Å². The van der Waals surface area contributed by atoms with Gasteiger partial charge in [-0.1, -0.05) is 30.9 Å². The van der Waals surface area contributed by atoms with Crippen LogP contribution in [0.3, 0.4) is 0 Å². The molecule has 0 unspecified atom stereocenters. The van der Waals surface area contributed by atoms with Crippen LogP contribution in [0, 0.1) is 0 Å². The zero-order chi connectivity index (χ0) is 11.8. The molecule has 0 bridgehead atoms. The maximum Gasteiger partial charge on any atom is 0.124 e. The lowest BCUT2D eigenvalue weighted by Crippen LogP contribution is -2.13. The average Bonchev–Trinajstić information content (AvgIpc) is 2.28. The molecule has 86 valence electrons. The van der Waals surface area contributed by atoms with Crippen LogP contribution in [0.15, 0.2) is 49.1 Å². The fraction of sp³-hybridized carbons (Fsp3) is 0.286. The number of benzene rings is 1. The summed E-state index contributed by atoms with van der Waals surface area (Å²) in [7, 11) is 0. The molecule has 1 aromatic carbocycles. The van der Waals surface area contributed by atoms with Crippen LogP contribution in [0.25, 0.3) is 0 Å². The number of para-hydroxylation sites is 1. The van der Waals surface area contributed by atoms with Gasteiger partial charge in [0.15, 0.2) is 0 Å². The molecular formula is C14H19NO. The van der Waals surface area contributed by atoms with Crippen molar-refractivity contribution in [3.05, 3.63) is 54.6 Å². The van der Waals surface area contributed by atoms with E-state index in [-0.39, 0.29) is 0 Å². The Morgan fingerprint density at radius 2 is 2.19 bits per heavy atom. The second kappa shape index (κ2) is 6.85. The molecule has 1 N–H and O–H groups in total. The fourth-order valence-corrected chi connectivity index (χ4v) is 1.30. The second-order valence-corrected chi connectivity index (χ2v) is 3.77. The van der Waals surface area contributed by atoms with Gasteiger partial charge in [-0.15, -0.1) is 6.58 Å². The molecule has 0 saturated carbocycles. The van der Waals surface area contributed by atoms with E-state index in [4.69, 9.17) is 4.74 Å². The van der Waals surface area contributed by atoms with Crippen LogP contribution in [0.5, 0.6) is 5.75 Å². The van der Waals surface area contributed by atoms with Gasteiger partial charge in [0.25, 0.3) is 0 Å². The Balaban J connectivity index is 2.59. The van der Waals surface area contributed by atoms with E-state index >= 15 is 0 Å². The highest BCUT2D eigenvalue weighted by molar-refractivity contribution is 5.33. The summed E-state index contributed by atoms with van der Waals surface area (Å²) in [6.45, 7) is 11.6.